The van der Waals surface area contributed by atoms with Gasteiger partial charge in [0.25, 0.3) is 0 Å². The Hall–Kier alpha value is -3.35. The predicted molar refractivity (Wildman–Crippen MR) is 91.0 cm³/mol. The van der Waals surface area contributed by atoms with Crippen molar-refractivity contribution in [2.45, 2.75) is 20.3 Å². The number of hydrogen-bond acceptors (Lipinski definition) is 5. The molecule has 0 heterocycles. The van der Waals surface area contributed by atoms with Gasteiger partial charge in [0.05, 0.1) is 0 Å². The maximum absolute atomic E-state index is 12.1. The van der Waals surface area contributed by atoms with Crippen LogP contribution < -0.4 is 15.2 Å². The van der Waals surface area contributed by atoms with E-state index in [0.29, 0.717) is 0 Å². The van der Waals surface area contributed by atoms with Crippen LogP contribution in [0.2, 0.25) is 0 Å². The Morgan fingerprint density at radius 3 is 1.80 bits per heavy atom. The van der Waals surface area contributed by atoms with Crippen molar-refractivity contribution < 1.29 is 29.0 Å². The first-order valence-corrected chi connectivity index (χ1v) is 7.51. The summed E-state index contributed by atoms with van der Waals surface area (Å²) in [6.07, 6.45) is 0.172. The van der Waals surface area contributed by atoms with Gasteiger partial charge in [0.1, 0.15) is 22.6 Å². The molecule has 2 aromatic rings. The molecule has 0 radical (unpaired) electrons. The summed E-state index contributed by atoms with van der Waals surface area (Å²) in [6, 6.07) is 11.5. The number of amides is 1. The lowest BCUT2D eigenvalue weighted by Crippen LogP contribution is -2.19. The summed E-state index contributed by atoms with van der Waals surface area (Å²) in [5, 5.41) is 9.05. The van der Waals surface area contributed by atoms with E-state index in [0.717, 1.165) is 0 Å². The molecule has 2 aromatic carbocycles. The number of carbonyl (C=O) groups is 3. The van der Waals surface area contributed by atoms with Gasteiger partial charge in [0.15, 0.2) is 0 Å². The molecule has 0 fully saturated rings. The maximum atomic E-state index is 12.1. The van der Waals surface area contributed by atoms with E-state index in [9.17, 15) is 14.4 Å². The Labute approximate surface area is 145 Å². The highest BCUT2D eigenvalue weighted by Gasteiger charge is 2.19. The van der Waals surface area contributed by atoms with Gasteiger partial charge in [-0.25, -0.2) is 14.4 Å². The molecule has 0 atom stereocenters. The van der Waals surface area contributed by atoms with Crippen LogP contribution in [0.3, 0.4) is 0 Å². The Morgan fingerprint density at radius 1 is 0.880 bits per heavy atom. The highest BCUT2D eigenvalue weighted by molar-refractivity contribution is 5.97. The average Bonchev–Trinajstić information content (AvgIpc) is 2.55. The summed E-state index contributed by atoms with van der Waals surface area (Å²) in [7, 11) is 0. The van der Waals surface area contributed by atoms with Crippen molar-refractivity contribution in [3.05, 3.63) is 59.7 Å². The van der Waals surface area contributed by atoms with E-state index in [-0.39, 0.29) is 22.6 Å². The van der Waals surface area contributed by atoms with Crippen molar-refractivity contribution >= 4 is 18.0 Å². The SMILES string of the molecule is CCC.NC(=O)Oc1ccccc1C(=O)Oc1ccccc1C(=O)O. The van der Waals surface area contributed by atoms with Gasteiger partial charge in [-0.15, -0.1) is 0 Å². The lowest BCUT2D eigenvalue weighted by atomic mass is 10.2. The molecule has 25 heavy (non-hydrogen) atoms. The smallest absolute Gasteiger partial charge is 0.409 e. The summed E-state index contributed by atoms with van der Waals surface area (Å²) >= 11 is 0. The molecular formula is C18H19NO6. The number of primary amides is 1. The Balaban J connectivity index is 0.000000970. The number of hydrogen-bond donors (Lipinski definition) is 2. The third kappa shape index (κ3) is 5.98. The lowest BCUT2D eigenvalue weighted by Gasteiger charge is -2.10. The fourth-order valence-electron chi connectivity index (χ4n) is 1.72. The second-order valence-corrected chi connectivity index (χ2v) is 4.82. The number of para-hydroxylation sites is 2. The van der Waals surface area contributed by atoms with Gasteiger partial charge >= 0.3 is 18.0 Å². The quantitative estimate of drug-likeness (QED) is 0.647. The van der Waals surface area contributed by atoms with E-state index in [1.807, 2.05) is 0 Å². The lowest BCUT2D eigenvalue weighted by molar-refractivity contribution is 0.0681. The van der Waals surface area contributed by atoms with Crippen LogP contribution in [-0.4, -0.2) is 23.1 Å². The first-order valence-electron chi connectivity index (χ1n) is 7.51. The summed E-state index contributed by atoms with van der Waals surface area (Å²) in [5.74, 6) is -2.29. The molecule has 132 valence electrons. The van der Waals surface area contributed by atoms with Gasteiger partial charge in [-0.3, -0.25) is 0 Å². The molecule has 7 heteroatoms. The van der Waals surface area contributed by atoms with Gasteiger partial charge in [0.2, 0.25) is 0 Å². The molecule has 2 rings (SSSR count). The number of benzene rings is 2. The molecule has 3 N–H and O–H groups in total. The van der Waals surface area contributed by atoms with Crippen molar-refractivity contribution in [2.24, 2.45) is 5.73 Å². The fraction of sp³-hybridized carbons (Fsp3) is 0.167. The number of carboxylic acids is 1. The first kappa shape index (κ1) is 19.7. The molecule has 0 unspecified atom stereocenters. The highest BCUT2D eigenvalue weighted by atomic mass is 16.6. The van der Waals surface area contributed by atoms with E-state index < -0.39 is 18.0 Å². The van der Waals surface area contributed by atoms with Gasteiger partial charge in [-0.1, -0.05) is 44.5 Å². The van der Waals surface area contributed by atoms with Crippen LogP contribution in [-0.2, 0) is 0 Å². The maximum Gasteiger partial charge on any atom is 0.409 e. The van der Waals surface area contributed by atoms with E-state index in [1.54, 1.807) is 6.07 Å². The summed E-state index contributed by atoms with van der Waals surface area (Å²) in [5.41, 5.74) is 4.70. The van der Waals surface area contributed by atoms with Crippen LogP contribution >= 0.6 is 0 Å². The number of carboxylic acid groups (broad SMARTS) is 1. The standard InChI is InChI=1S/C15H11NO6.C3H8/c16-15(20)22-12-8-4-2-6-10(12)14(19)21-11-7-3-1-5-9(11)13(17)18;1-3-2/h1-8H,(H2,16,20)(H,17,18);3H2,1-2H3. The van der Waals surface area contributed by atoms with Gasteiger partial charge in [-0.2, -0.15) is 0 Å². The zero-order valence-electron chi connectivity index (χ0n) is 13.9. The second kappa shape index (κ2) is 9.71. The molecule has 0 aromatic heterocycles. The minimum atomic E-state index is -1.23. The van der Waals surface area contributed by atoms with Crippen molar-refractivity contribution in [3.63, 3.8) is 0 Å². The molecule has 0 bridgehead atoms. The third-order valence-corrected chi connectivity index (χ3v) is 2.64. The highest BCUT2D eigenvalue weighted by Crippen LogP contribution is 2.23. The molecule has 7 nitrogen and oxygen atoms in total. The summed E-state index contributed by atoms with van der Waals surface area (Å²) in [6.45, 7) is 4.25. The number of carbonyl (C=O) groups excluding carboxylic acids is 2. The molecule has 1 amide bonds. The van der Waals surface area contributed by atoms with Crippen LogP contribution in [0.25, 0.3) is 0 Å². The van der Waals surface area contributed by atoms with Crippen LogP contribution in [0, 0.1) is 0 Å². The topological polar surface area (TPSA) is 116 Å². The largest absolute Gasteiger partial charge is 0.478 e. The summed E-state index contributed by atoms with van der Waals surface area (Å²) < 4.78 is 9.77. The molecular weight excluding hydrogens is 326 g/mol. The zero-order valence-corrected chi connectivity index (χ0v) is 13.9. The van der Waals surface area contributed by atoms with Crippen LogP contribution in [0.5, 0.6) is 11.5 Å². The van der Waals surface area contributed by atoms with E-state index in [4.69, 9.17) is 20.3 Å². The minimum Gasteiger partial charge on any atom is -0.478 e. The molecule has 0 aliphatic carbocycles. The molecule has 0 aliphatic heterocycles. The summed E-state index contributed by atoms with van der Waals surface area (Å²) in [4.78, 5) is 34.0. The number of aromatic carboxylic acids is 1. The molecule has 0 saturated carbocycles. The fourth-order valence-corrected chi connectivity index (χ4v) is 1.72. The Bertz CT molecular complexity index is 757. The van der Waals surface area contributed by atoms with Crippen molar-refractivity contribution in [2.75, 3.05) is 0 Å². The predicted octanol–water partition coefficient (Wildman–Crippen LogP) is 3.48. The zero-order chi connectivity index (χ0) is 18.8. The van der Waals surface area contributed by atoms with E-state index in [1.165, 1.54) is 48.9 Å². The van der Waals surface area contributed by atoms with Crippen LogP contribution in [0.1, 0.15) is 41.0 Å². The van der Waals surface area contributed by atoms with Crippen LogP contribution in [0.15, 0.2) is 48.5 Å². The van der Waals surface area contributed by atoms with Gasteiger partial charge < -0.3 is 20.3 Å². The number of ether oxygens (including phenoxy) is 2. The monoisotopic (exact) mass is 345 g/mol. The van der Waals surface area contributed by atoms with Crippen LogP contribution in [0.4, 0.5) is 4.79 Å². The molecule has 0 spiro atoms. The normalized spacial score (nSPS) is 9.36. The number of nitrogens with two attached hydrogens (primary N) is 1. The Morgan fingerprint density at radius 2 is 1.32 bits per heavy atom. The van der Waals surface area contributed by atoms with E-state index >= 15 is 0 Å². The van der Waals surface area contributed by atoms with Crippen molar-refractivity contribution in [3.8, 4) is 11.5 Å². The third-order valence-electron chi connectivity index (χ3n) is 2.64. The van der Waals surface area contributed by atoms with E-state index in [2.05, 4.69) is 13.8 Å². The molecule has 0 saturated heterocycles. The second-order valence-electron chi connectivity index (χ2n) is 4.82. The average molecular weight is 345 g/mol. The first-order chi connectivity index (χ1) is 11.9. The number of esters is 1. The molecule has 0 aliphatic rings. The number of rotatable bonds is 4. The van der Waals surface area contributed by atoms with Gasteiger partial charge in [0, 0.05) is 0 Å². The van der Waals surface area contributed by atoms with Crippen molar-refractivity contribution in [1.82, 2.24) is 0 Å². The minimum absolute atomic E-state index is 0.0542. The Kier molecular flexibility index (Phi) is 7.65. The van der Waals surface area contributed by atoms with Gasteiger partial charge in [-0.05, 0) is 24.3 Å². The van der Waals surface area contributed by atoms with Crippen molar-refractivity contribution in [1.29, 1.82) is 0 Å².